The highest BCUT2D eigenvalue weighted by molar-refractivity contribution is 7.89. The van der Waals surface area contributed by atoms with Gasteiger partial charge in [-0.25, -0.2) is 18.4 Å². The highest BCUT2D eigenvalue weighted by Crippen LogP contribution is 2.36. The number of carboxylic acids is 1. The van der Waals surface area contributed by atoms with Crippen molar-refractivity contribution in [3.8, 4) is 17.2 Å². The summed E-state index contributed by atoms with van der Waals surface area (Å²) in [5, 5.41) is 14.8. The second-order valence-electron chi connectivity index (χ2n) is 6.01. The van der Waals surface area contributed by atoms with Crippen molar-refractivity contribution in [2.75, 3.05) is 6.79 Å². The summed E-state index contributed by atoms with van der Waals surface area (Å²) in [4.78, 5) is 11.7. The summed E-state index contributed by atoms with van der Waals surface area (Å²) in [6, 6.07) is 8.89. The Morgan fingerprint density at radius 3 is 2.63 bits per heavy atom. The molecular weight excluding hydrogens is 374 g/mol. The van der Waals surface area contributed by atoms with E-state index in [1.807, 2.05) is 6.92 Å². The van der Waals surface area contributed by atoms with Gasteiger partial charge in [0, 0.05) is 5.56 Å². The zero-order valence-corrected chi connectivity index (χ0v) is 15.4. The zero-order chi connectivity index (χ0) is 19.6. The van der Waals surface area contributed by atoms with Crippen LogP contribution in [-0.4, -0.2) is 26.3 Å². The summed E-state index contributed by atoms with van der Waals surface area (Å²) >= 11 is 0. The molecule has 0 amide bonds. The predicted octanol–water partition coefficient (Wildman–Crippen LogP) is 2.22. The van der Waals surface area contributed by atoms with Crippen molar-refractivity contribution in [1.82, 2.24) is 0 Å². The third kappa shape index (κ3) is 4.15. The van der Waals surface area contributed by atoms with Crippen molar-refractivity contribution in [2.24, 2.45) is 5.14 Å². The molecule has 1 heterocycles. The normalized spacial score (nSPS) is 14.0. The fourth-order valence-electron chi connectivity index (χ4n) is 2.78. The van der Waals surface area contributed by atoms with E-state index < -0.39 is 22.1 Å². The lowest BCUT2D eigenvalue weighted by Gasteiger charge is -2.19. The van der Waals surface area contributed by atoms with E-state index >= 15 is 0 Å². The first-order valence-electron chi connectivity index (χ1n) is 8.24. The van der Waals surface area contributed by atoms with E-state index in [9.17, 15) is 18.3 Å². The van der Waals surface area contributed by atoms with Gasteiger partial charge in [0.05, 0.1) is 4.90 Å². The Kier molecular flexibility index (Phi) is 5.24. The van der Waals surface area contributed by atoms with Gasteiger partial charge in [0.25, 0.3) is 0 Å². The van der Waals surface area contributed by atoms with Gasteiger partial charge in [-0.05, 0) is 42.3 Å². The fraction of sp³-hybridized carbons (Fsp3) is 0.278. The van der Waals surface area contributed by atoms with E-state index in [4.69, 9.17) is 19.3 Å². The largest absolute Gasteiger partial charge is 0.478 e. The minimum absolute atomic E-state index is 0.0479. The lowest BCUT2D eigenvalue weighted by Crippen LogP contribution is -2.19. The molecule has 0 aromatic heterocycles. The molecule has 2 aromatic rings. The maximum atomic E-state index is 11.8. The molecule has 1 aliphatic rings. The molecule has 0 bridgehead atoms. The van der Waals surface area contributed by atoms with Crippen LogP contribution < -0.4 is 19.3 Å². The number of benzene rings is 2. The van der Waals surface area contributed by atoms with Gasteiger partial charge in [0.1, 0.15) is 5.75 Å². The predicted molar refractivity (Wildman–Crippen MR) is 95.4 cm³/mol. The number of aliphatic carboxylic acids is 1. The zero-order valence-electron chi connectivity index (χ0n) is 14.5. The highest BCUT2D eigenvalue weighted by Gasteiger charge is 2.26. The number of carboxylic acid groups (broad SMARTS) is 1. The third-order valence-corrected chi connectivity index (χ3v) is 4.96. The molecule has 1 atom stereocenters. The van der Waals surface area contributed by atoms with Crippen molar-refractivity contribution in [3.63, 3.8) is 0 Å². The molecule has 1 unspecified atom stereocenters. The summed E-state index contributed by atoms with van der Waals surface area (Å²) in [5.74, 6) is 0.0777. The molecule has 0 radical (unpaired) electrons. The van der Waals surface area contributed by atoms with Crippen LogP contribution in [0.3, 0.4) is 0 Å². The maximum Gasteiger partial charge on any atom is 0.349 e. The second kappa shape index (κ2) is 7.45. The molecule has 0 saturated carbocycles. The average Bonchev–Trinajstić information content (AvgIpc) is 3.07. The molecule has 2 aromatic carbocycles. The Balaban J connectivity index is 1.96. The average molecular weight is 393 g/mol. The number of ether oxygens (including phenoxy) is 3. The molecule has 0 aliphatic carbocycles. The van der Waals surface area contributed by atoms with E-state index in [1.165, 1.54) is 18.2 Å². The fourth-order valence-corrected chi connectivity index (χ4v) is 3.34. The van der Waals surface area contributed by atoms with Gasteiger partial charge >= 0.3 is 5.97 Å². The first-order valence-corrected chi connectivity index (χ1v) is 9.79. The molecule has 27 heavy (non-hydrogen) atoms. The number of nitrogens with two attached hydrogens (primary N) is 1. The van der Waals surface area contributed by atoms with E-state index in [0.29, 0.717) is 35.5 Å². The lowest BCUT2D eigenvalue weighted by molar-refractivity contribution is -0.145. The standard InChI is InChI=1S/C18H19NO7S/c1-2-3-11-8-13(27(19,22)23)5-7-14(11)26-17(18(20)21)12-4-6-15-16(9-12)25-10-24-15/h4-9,17H,2-3,10H2,1H3,(H,20,21)(H2,19,22,23). The molecule has 1 aliphatic heterocycles. The van der Waals surface area contributed by atoms with Crippen molar-refractivity contribution in [2.45, 2.75) is 30.8 Å². The van der Waals surface area contributed by atoms with Crippen LogP contribution in [0.15, 0.2) is 41.3 Å². The first-order chi connectivity index (χ1) is 12.8. The van der Waals surface area contributed by atoms with Gasteiger partial charge in [-0.2, -0.15) is 0 Å². The first kappa shape index (κ1) is 19.0. The van der Waals surface area contributed by atoms with Crippen LogP contribution in [0.1, 0.15) is 30.6 Å². The number of rotatable bonds is 7. The molecular formula is C18H19NO7S. The van der Waals surface area contributed by atoms with Gasteiger partial charge in [0.15, 0.2) is 11.5 Å². The second-order valence-corrected chi connectivity index (χ2v) is 7.57. The summed E-state index contributed by atoms with van der Waals surface area (Å²) in [6.07, 6.45) is -0.0753. The van der Waals surface area contributed by atoms with Crippen molar-refractivity contribution in [3.05, 3.63) is 47.5 Å². The SMILES string of the molecule is CCCc1cc(S(N)(=O)=O)ccc1OC(C(=O)O)c1ccc2c(c1)OCO2. The van der Waals surface area contributed by atoms with Gasteiger partial charge in [-0.1, -0.05) is 19.4 Å². The third-order valence-electron chi connectivity index (χ3n) is 4.05. The van der Waals surface area contributed by atoms with Gasteiger partial charge in [0.2, 0.25) is 22.9 Å². The van der Waals surface area contributed by atoms with E-state index in [2.05, 4.69) is 0 Å². The molecule has 8 nitrogen and oxygen atoms in total. The van der Waals surface area contributed by atoms with Gasteiger partial charge < -0.3 is 19.3 Å². The Hall–Kier alpha value is -2.78. The van der Waals surface area contributed by atoms with Crippen LogP contribution in [0.5, 0.6) is 17.2 Å². The van der Waals surface area contributed by atoms with E-state index in [1.54, 1.807) is 18.2 Å². The van der Waals surface area contributed by atoms with Crippen molar-refractivity contribution in [1.29, 1.82) is 0 Å². The summed E-state index contributed by atoms with van der Waals surface area (Å²) < 4.78 is 39.4. The summed E-state index contributed by atoms with van der Waals surface area (Å²) in [7, 11) is -3.87. The highest BCUT2D eigenvalue weighted by atomic mass is 32.2. The molecule has 0 fully saturated rings. The quantitative estimate of drug-likeness (QED) is 0.739. The Labute approximate surface area is 156 Å². The molecule has 3 N–H and O–H groups in total. The van der Waals surface area contributed by atoms with Crippen LogP contribution in [-0.2, 0) is 21.2 Å². The molecule has 144 valence electrons. The molecule has 3 rings (SSSR count). The molecule has 9 heteroatoms. The van der Waals surface area contributed by atoms with Crippen LogP contribution in [0, 0.1) is 0 Å². The number of sulfonamides is 1. The topological polar surface area (TPSA) is 125 Å². The van der Waals surface area contributed by atoms with E-state index in [-0.39, 0.29) is 17.4 Å². The van der Waals surface area contributed by atoms with Crippen molar-refractivity contribution < 1.29 is 32.5 Å². The maximum absolute atomic E-state index is 11.8. The number of hydrogen-bond acceptors (Lipinski definition) is 6. The smallest absolute Gasteiger partial charge is 0.349 e. The van der Waals surface area contributed by atoms with Crippen LogP contribution in [0.2, 0.25) is 0 Å². The molecule has 0 spiro atoms. The Morgan fingerprint density at radius 2 is 1.96 bits per heavy atom. The number of primary sulfonamides is 1. The Bertz CT molecular complexity index is 972. The summed E-state index contributed by atoms with van der Waals surface area (Å²) in [5.41, 5.74) is 0.945. The van der Waals surface area contributed by atoms with Crippen LogP contribution in [0.25, 0.3) is 0 Å². The Morgan fingerprint density at radius 1 is 1.22 bits per heavy atom. The van der Waals surface area contributed by atoms with Crippen molar-refractivity contribution >= 4 is 16.0 Å². The number of fused-ring (bicyclic) bond motifs is 1. The van der Waals surface area contributed by atoms with Crippen LogP contribution >= 0.6 is 0 Å². The monoisotopic (exact) mass is 393 g/mol. The molecule has 0 saturated heterocycles. The summed E-state index contributed by atoms with van der Waals surface area (Å²) in [6.45, 7) is 1.99. The number of carbonyl (C=O) groups is 1. The minimum Gasteiger partial charge on any atom is -0.478 e. The van der Waals surface area contributed by atoms with Gasteiger partial charge in [-0.3, -0.25) is 0 Å². The number of aryl methyl sites for hydroxylation is 1. The number of hydrogen-bond donors (Lipinski definition) is 2. The van der Waals surface area contributed by atoms with E-state index in [0.717, 1.165) is 0 Å². The van der Waals surface area contributed by atoms with Gasteiger partial charge in [-0.15, -0.1) is 0 Å². The minimum atomic E-state index is -3.87. The lowest BCUT2D eigenvalue weighted by atomic mass is 10.1. The van der Waals surface area contributed by atoms with Crippen LogP contribution in [0.4, 0.5) is 0 Å².